The van der Waals surface area contributed by atoms with Crippen molar-refractivity contribution in [3.8, 4) is 11.5 Å². The van der Waals surface area contributed by atoms with Crippen LogP contribution in [0.4, 0.5) is 5.69 Å². The van der Waals surface area contributed by atoms with Crippen LogP contribution >= 0.6 is 0 Å². The number of sulfonamides is 1. The average Bonchev–Trinajstić information content (AvgIpc) is 2.59. The van der Waals surface area contributed by atoms with E-state index in [1.165, 1.54) is 33.4 Å². The maximum absolute atomic E-state index is 13.0. The van der Waals surface area contributed by atoms with Gasteiger partial charge in [-0.25, -0.2) is 8.42 Å². The number of hydrogen-bond donors (Lipinski definition) is 0. The van der Waals surface area contributed by atoms with E-state index < -0.39 is 10.0 Å². The van der Waals surface area contributed by atoms with Crippen LogP contribution in [0.5, 0.6) is 11.5 Å². The lowest BCUT2D eigenvalue weighted by atomic mass is 10.1. The number of amides is 1. The Balaban J connectivity index is 2.51. The summed E-state index contributed by atoms with van der Waals surface area (Å²) in [6.07, 6.45) is 1.09. The maximum Gasteiger partial charge on any atom is 0.256 e. The first-order chi connectivity index (χ1) is 11.7. The van der Waals surface area contributed by atoms with Crippen molar-refractivity contribution in [3.63, 3.8) is 0 Å². The molecule has 140 valence electrons. The molecule has 1 fully saturated rings. The lowest BCUT2D eigenvalue weighted by Gasteiger charge is -2.33. The third-order valence-corrected chi connectivity index (χ3v) is 5.55. The van der Waals surface area contributed by atoms with Crippen LogP contribution in [0.2, 0.25) is 0 Å². The fourth-order valence-electron chi connectivity index (χ4n) is 2.66. The molecular weight excluding hydrogens is 346 g/mol. The van der Waals surface area contributed by atoms with Crippen LogP contribution < -0.4 is 13.8 Å². The third kappa shape index (κ3) is 4.16. The first-order valence-corrected chi connectivity index (χ1v) is 9.71. The van der Waals surface area contributed by atoms with Crippen LogP contribution in [0.3, 0.4) is 0 Å². The summed E-state index contributed by atoms with van der Waals surface area (Å²) in [4.78, 5) is 16.9. The van der Waals surface area contributed by atoms with Gasteiger partial charge >= 0.3 is 0 Å². The highest BCUT2D eigenvalue weighted by Crippen LogP contribution is 2.36. The quantitative estimate of drug-likeness (QED) is 0.749. The number of benzene rings is 1. The van der Waals surface area contributed by atoms with Crippen molar-refractivity contribution in [2.24, 2.45) is 0 Å². The van der Waals surface area contributed by atoms with Crippen LogP contribution in [0.1, 0.15) is 10.4 Å². The van der Waals surface area contributed by atoms with Gasteiger partial charge in [-0.15, -0.1) is 0 Å². The molecule has 0 N–H and O–H groups in total. The summed E-state index contributed by atoms with van der Waals surface area (Å²) in [6.45, 7) is 2.73. The van der Waals surface area contributed by atoms with E-state index in [1.807, 2.05) is 7.05 Å². The largest absolute Gasteiger partial charge is 0.493 e. The van der Waals surface area contributed by atoms with Crippen LogP contribution in [-0.2, 0) is 10.0 Å². The number of likely N-dealkylation sites (N-methyl/N-ethyl adjacent to an activating group) is 1. The van der Waals surface area contributed by atoms with Gasteiger partial charge in [0.1, 0.15) is 0 Å². The summed E-state index contributed by atoms with van der Waals surface area (Å²) in [5.41, 5.74) is 0.541. The van der Waals surface area contributed by atoms with Gasteiger partial charge in [0.05, 0.1) is 31.7 Å². The van der Waals surface area contributed by atoms with E-state index >= 15 is 0 Å². The van der Waals surface area contributed by atoms with E-state index in [0.717, 1.165) is 23.7 Å². The minimum absolute atomic E-state index is 0.223. The zero-order valence-electron chi connectivity index (χ0n) is 15.3. The predicted molar refractivity (Wildman–Crippen MR) is 96.2 cm³/mol. The van der Waals surface area contributed by atoms with E-state index in [1.54, 1.807) is 4.90 Å². The molecule has 1 heterocycles. The molecule has 8 nitrogen and oxygen atoms in total. The number of carbonyl (C=O) groups excluding carboxylic acids is 1. The average molecular weight is 371 g/mol. The van der Waals surface area contributed by atoms with Crippen molar-refractivity contribution in [1.29, 1.82) is 0 Å². The number of hydrogen-bond acceptors (Lipinski definition) is 6. The third-order valence-electron chi connectivity index (χ3n) is 4.36. The van der Waals surface area contributed by atoms with Gasteiger partial charge in [-0.2, -0.15) is 0 Å². The highest BCUT2D eigenvalue weighted by Gasteiger charge is 2.27. The molecule has 1 aliphatic rings. The summed E-state index contributed by atoms with van der Waals surface area (Å²) in [5.74, 6) is 0.521. The van der Waals surface area contributed by atoms with E-state index in [-0.39, 0.29) is 17.2 Å². The fraction of sp³-hybridized carbons (Fsp3) is 0.562. The zero-order chi connectivity index (χ0) is 18.8. The molecule has 0 aromatic heterocycles. The number of anilines is 1. The number of carbonyl (C=O) groups is 1. The first-order valence-electron chi connectivity index (χ1n) is 7.86. The lowest BCUT2D eigenvalue weighted by molar-refractivity contribution is 0.0664. The predicted octanol–water partition coefficient (Wildman–Crippen LogP) is 0.487. The van der Waals surface area contributed by atoms with Gasteiger partial charge in [-0.1, -0.05) is 0 Å². The minimum Gasteiger partial charge on any atom is -0.493 e. The molecule has 25 heavy (non-hydrogen) atoms. The minimum atomic E-state index is -3.54. The second-order valence-corrected chi connectivity index (χ2v) is 8.06. The van der Waals surface area contributed by atoms with Gasteiger partial charge in [0.2, 0.25) is 10.0 Å². The lowest BCUT2D eigenvalue weighted by Crippen LogP contribution is -2.47. The van der Waals surface area contributed by atoms with Crippen molar-refractivity contribution < 1.29 is 22.7 Å². The molecular formula is C16H25N3O5S. The molecule has 0 saturated carbocycles. The number of piperazine rings is 1. The number of methoxy groups -OCH3 is 2. The molecule has 0 unspecified atom stereocenters. The molecule has 1 amide bonds. The fourth-order valence-corrected chi connectivity index (χ4v) is 3.17. The second-order valence-electron chi connectivity index (χ2n) is 6.05. The van der Waals surface area contributed by atoms with Crippen molar-refractivity contribution in [2.75, 3.05) is 65.1 Å². The summed E-state index contributed by atoms with van der Waals surface area (Å²) in [7, 11) is 2.81. The molecule has 0 radical (unpaired) electrons. The Hall–Kier alpha value is -2.00. The monoisotopic (exact) mass is 371 g/mol. The van der Waals surface area contributed by atoms with E-state index in [9.17, 15) is 13.2 Å². The Bertz CT molecular complexity index is 742. The van der Waals surface area contributed by atoms with Gasteiger partial charge in [0, 0.05) is 39.3 Å². The Morgan fingerprint density at radius 1 is 1.08 bits per heavy atom. The number of rotatable bonds is 5. The number of nitrogens with zero attached hydrogens (tertiary/aromatic N) is 3. The Labute approximate surface area is 149 Å². The van der Waals surface area contributed by atoms with Crippen molar-refractivity contribution in [3.05, 3.63) is 17.7 Å². The Morgan fingerprint density at radius 2 is 1.60 bits per heavy atom. The van der Waals surface area contributed by atoms with E-state index in [0.29, 0.717) is 24.6 Å². The van der Waals surface area contributed by atoms with Gasteiger partial charge in [0.25, 0.3) is 5.91 Å². The summed E-state index contributed by atoms with van der Waals surface area (Å²) >= 11 is 0. The van der Waals surface area contributed by atoms with E-state index in [2.05, 4.69) is 4.90 Å². The SMILES string of the molecule is COc1cc(C(=O)N2CCN(C)CC2)c(N(C)S(C)(=O)=O)cc1OC. The first kappa shape index (κ1) is 19.3. The van der Waals surface area contributed by atoms with Crippen LogP contribution in [-0.4, -0.2) is 84.9 Å². The topological polar surface area (TPSA) is 79.4 Å². The summed E-state index contributed by atoms with van der Waals surface area (Å²) in [6, 6.07) is 3.06. The molecule has 1 aromatic carbocycles. The number of ether oxygens (including phenoxy) is 2. The molecule has 0 bridgehead atoms. The maximum atomic E-state index is 13.0. The van der Waals surface area contributed by atoms with Gasteiger partial charge in [-0.3, -0.25) is 9.10 Å². The van der Waals surface area contributed by atoms with Crippen molar-refractivity contribution in [1.82, 2.24) is 9.80 Å². The summed E-state index contributed by atoms with van der Waals surface area (Å²) in [5, 5.41) is 0. The van der Waals surface area contributed by atoms with Crippen LogP contribution in [0.15, 0.2) is 12.1 Å². The highest BCUT2D eigenvalue weighted by atomic mass is 32.2. The smallest absolute Gasteiger partial charge is 0.256 e. The second kappa shape index (κ2) is 7.49. The molecule has 1 aliphatic heterocycles. The summed E-state index contributed by atoms with van der Waals surface area (Å²) < 4.78 is 35.6. The van der Waals surface area contributed by atoms with Gasteiger partial charge < -0.3 is 19.3 Å². The van der Waals surface area contributed by atoms with Crippen LogP contribution in [0, 0.1) is 0 Å². The van der Waals surface area contributed by atoms with Crippen LogP contribution in [0.25, 0.3) is 0 Å². The Kier molecular flexibility index (Phi) is 5.79. The van der Waals surface area contributed by atoms with Gasteiger partial charge in [-0.05, 0) is 13.1 Å². The van der Waals surface area contributed by atoms with Crippen molar-refractivity contribution in [2.45, 2.75) is 0 Å². The molecule has 2 rings (SSSR count). The normalized spacial score (nSPS) is 15.8. The molecule has 0 spiro atoms. The van der Waals surface area contributed by atoms with E-state index in [4.69, 9.17) is 9.47 Å². The molecule has 9 heteroatoms. The molecule has 1 saturated heterocycles. The molecule has 0 atom stereocenters. The van der Waals surface area contributed by atoms with Gasteiger partial charge in [0.15, 0.2) is 11.5 Å². The molecule has 0 aliphatic carbocycles. The molecule has 1 aromatic rings. The Morgan fingerprint density at radius 3 is 2.08 bits per heavy atom. The van der Waals surface area contributed by atoms with Crippen molar-refractivity contribution >= 4 is 21.6 Å². The standard InChI is InChI=1S/C16H25N3O5S/c1-17-6-8-19(9-7-17)16(20)12-10-14(23-3)15(24-4)11-13(12)18(2)25(5,21)22/h10-11H,6-9H2,1-5H3. The zero-order valence-corrected chi connectivity index (χ0v) is 16.1. The highest BCUT2D eigenvalue weighted by molar-refractivity contribution is 7.92.